The standard InChI is InChI=1S/C11H13N3/c1-3-6-12-9-4-5-10-11(7-9)14-8(2)13-10/h3-7,10-11H,1H2,2H3,(H,13,14). The van der Waals surface area contributed by atoms with Crippen LogP contribution >= 0.6 is 0 Å². The highest BCUT2D eigenvalue weighted by Gasteiger charge is 2.25. The summed E-state index contributed by atoms with van der Waals surface area (Å²) < 4.78 is 0. The lowest BCUT2D eigenvalue weighted by atomic mass is 10.0. The molecule has 1 N–H and O–H groups in total. The Balaban J connectivity index is 2.13. The highest BCUT2D eigenvalue weighted by molar-refractivity contribution is 5.83. The van der Waals surface area contributed by atoms with Gasteiger partial charge in [0.1, 0.15) is 0 Å². The van der Waals surface area contributed by atoms with Crippen LogP contribution in [0.3, 0.4) is 0 Å². The largest absolute Gasteiger partial charge is 0.365 e. The number of aliphatic imine (C=N–C) groups is 2. The number of hydrogen-bond acceptors (Lipinski definition) is 3. The molecular formula is C11H13N3. The topological polar surface area (TPSA) is 36.8 Å². The molecule has 1 heterocycles. The van der Waals surface area contributed by atoms with Crippen molar-refractivity contribution in [1.29, 1.82) is 0 Å². The van der Waals surface area contributed by atoms with Crippen molar-refractivity contribution in [3.63, 3.8) is 0 Å². The number of hydrogen-bond donors (Lipinski definition) is 1. The van der Waals surface area contributed by atoms with Gasteiger partial charge in [0.2, 0.25) is 0 Å². The van der Waals surface area contributed by atoms with Gasteiger partial charge in [-0.25, -0.2) is 0 Å². The first-order chi connectivity index (χ1) is 6.79. The Hall–Kier alpha value is -1.64. The highest BCUT2D eigenvalue weighted by Crippen LogP contribution is 2.18. The van der Waals surface area contributed by atoms with Gasteiger partial charge in [0.25, 0.3) is 0 Å². The normalized spacial score (nSPS) is 29.5. The van der Waals surface area contributed by atoms with E-state index in [-0.39, 0.29) is 12.1 Å². The van der Waals surface area contributed by atoms with Gasteiger partial charge in [-0.3, -0.25) is 9.98 Å². The molecule has 0 aromatic carbocycles. The average Bonchev–Trinajstić information content (AvgIpc) is 2.54. The monoisotopic (exact) mass is 187 g/mol. The van der Waals surface area contributed by atoms with Crippen LogP contribution in [0.5, 0.6) is 0 Å². The van der Waals surface area contributed by atoms with E-state index in [2.05, 4.69) is 34.0 Å². The fraction of sp³-hybridized carbons (Fsp3) is 0.273. The Morgan fingerprint density at radius 1 is 1.64 bits per heavy atom. The molecule has 2 rings (SSSR count). The first-order valence-electron chi connectivity index (χ1n) is 4.65. The molecule has 2 unspecified atom stereocenters. The summed E-state index contributed by atoms with van der Waals surface area (Å²) in [6.45, 7) is 5.56. The summed E-state index contributed by atoms with van der Waals surface area (Å²) in [6.07, 6.45) is 9.52. The zero-order chi connectivity index (χ0) is 9.97. The molecule has 0 amide bonds. The maximum atomic E-state index is 4.43. The molecular weight excluding hydrogens is 174 g/mol. The second-order valence-electron chi connectivity index (χ2n) is 3.34. The number of rotatable bonds is 2. The molecule has 0 saturated heterocycles. The first kappa shape index (κ1) is 8.94. The Kier molecular flexibility index (Phi) is 2.31. The Morgan fingerprint density at radius 3 is 3.29 bits per heavy atom. The minimum Gasteiger partial charge on any atom is -0.365 e. The van der Waals surface area contributed by atoms with Crippen LogP contribution in [-0.4, -0.2) is 24.1 Å². The molecule has 0 aromatic rings. The fourth-order valence-electron chi connectivity index (χ4n) is 1.63. The molecule has 3 heteroatoms. The van der Waals surface area contributed by atoms with Crippen LogP contribution in [0, 0.1) is 0 Å². The van der Waals surface area contributed by atoms with Gasteiger partial charge in [-0.2, -0.15) is 0 Å². The Morgan fingerprint density at radius 2 is 2.50 bits per heavy atom. The summed E-state index contributed by atoms with van der Waals surface area (Å²) in [7, 11) is 0. The predicted octanol–water partition coefficient (Wildman–Crippen LogP) is 1.46. The van der Waals surface area contributed by atoms with Gasteiger partial charge >= 0.3 is 0 Å². The summed E-state index contributed by atoms with van der Waals surface area (Å²) >= 11 is 0. The number of amidine groups is 1. The first-order valence-corrected chi connectivity index (χ1v) is 4.65. The average molecular weight is 187 g/mol. The SMILES string of the molecule is C=CC=NC1=CC2NC(C)=NC2C=C1. The zero-order valence-corrected chi connectivity index (χ0v) is 8.14. The lowest BCUT2D eigenvalue weighted by Gasteiger charge is -2.15. The molecule has 14 heavy (non-hydrogen) atoms. The summed E-state index contributed by atoms with van der Waals surface area (Å²) in [5.74, 6) is 0.995. The molecule has 0 bridgehead atoms. The van der Waals surface area contributed by atoms with Gasteiger partial charge in [0.05, 0.1) is 23.6 Å². The van der Waals surface area contributed by atoms with E-state index in [1.54, 1.807) is 12.3 Å². The van der Waals surface area contributed by atoms with Crippen LogP contribution in [0.2, 0.25) is 0 Å². The molecule has 0 spiro atoms. The van der Waals surface area contributed by atoms with E-state index in [4.69, 9.17) is 0 Å². The van der Waals surface area contributed by atoms with Crippen molar-refractivity contribution in [2.45, 2.75) is 19.0 Å². The minimum atomic E-state index is 0.248. The number of fused-ring (bicyclic) bond motifs is 1. The zero-order valence-electron chi connectivity index (χ0n) is 8.14. The molecule has 0 fully saturated rings. The second-order valence-corrected chi connectivity index (χ2v) is 3.34. The summed E-state index contributed by atoms with van der Waals surface area (Å²) in [5.41, 5.74) is 0.962. The van der Waals surface area contributed by atoms with E-state index in [1.807, 2.05) is 13.0 Å². The van der Waals surface area contributed by atoms with Crippen LogP contribution in [0.15, 0.2) is 46.6 Å². The van der Waals surface area contributed by atoms with Crippen LogP contribution < -0.4 is 5.32 Å². The maximum Gasteiger partial charge on any atom is 0.0945 e. The molecule has 72 valence electrons. The molecule has 2 aliphatic rings. The lowest BCUT2D eigenvalue weighted by molar-refractivity contribution is 0.688. The number of nitrogens with one attached hydrogen (secondary N) is 1. The van der Waals surface area contributed by atoms with Gasteiger partial charge in [0.15, 0.2) is 0 Å². The van der Waals surface area contributed by atoms with Crippen LogP contribution in [0.4, 0.5) is 0 Å². The van der Waals surface area contributed by atoms with E-state index in [0.717, 1.165) is 11.5 Å². The number of allylic oxidation sites excluding steroid dienone is 2. The molecule has 2 atom stereocenters. The van der Waals surface area contributed by atoms with Gasteiger partial charge in [-0.05, 0) is 19.1 Å². The maximum absolute atomic E-state index is 4.43. The van der Waals surface area contributed by atoms with E-state index in [9.17, 15) is 0 Å². The van der Waals surface area contributed by atoms with Crippen LogP contribution in [-0.2, 0) is 0 Å². The van der Waals surface area contributed by atoms with Crippen molar-refractivity contribution < 1.29 is 0 Å². The van der Waals surface area contributed by atoms with E-state index in [1.165, 1.54) is 0 Å². The fourth-order valence-corrected chi connectivity index (χ4v) is 1.63. The van der Waals surface area contributed by atoms with Crippen LogP contribution in [0.1, 0.15) is 6.92 Å². The third kappa shape index (κ3) is 1.66. The van der Waals surface area contributed by atoms with Gasteiger partial charge < -0.3 is 5.32 Å². The van der Waals surface area contributed by atoms with Gasteiger partial charge in [0, 0.05) is 6.21 Å². The van der Waals surface area contributed by atoms with Crippen molar-refractivity contribution in [3.05, 3.63) is 36.6 Å². The van der Waals surface area contributed by atoms with Crippen molar-refractivity contribution in [1.82, 2.24) is 5.32 Å². The van der Waals surface area contributed by atoms with E-state index < -0.39 is 0 Å². The molecule has 1 aliphatic heterocycles. The smallest absolute Gasteiger partial charge is 0.0945 e. The van der Waals surface area contributed by atoms with Crippen molar-refractivity contribution in [2.75, 3.05) is 0 Å². The number of nitrogens with zero attached hydrogens (tertiary/aromatic N) is 2. The molecule has 3 nitrogen and oxygen atoms in total. The summed E-state index contributed by atoms with van der Waals surface area (Å²) in [6, 6.07) is 0.523. The predicted molar refractivity (Wildman–Crippen MR) is 59.7 cm³/mol. The highest BCUT2D eigenvalue weighted by atomic mass is 15.1. The molecule has 0 saturated carbocycles. The minimum absolute atomic E-state index is 0.248. The lowest BCUT2D eigenvalue weighted by Crippen LogP contribution is -2.32. The quantitative estimate of drug-likeness (QED) is 0.653. The van der Waals surface area contributed by atoms with Crippen molar-refractivity contribution >= 4 is 12.1 Å². The Bertz CT molecular complexity index is 361. The third-order valence-electron chi connectivity index (χ3n) is 2.23. The molecule has 0 radical (unpaired) electrons. The molecule has 0 aromatic heterocycles. The van der Waals surface area contributed by atoms with E-state index >= 15 is 0 Å². The third-order valence-corrected chi connectivity index (χ3v) is 2.23. The Labute approximate surface area is 83.6 Å². The second kappa shape index (κ2) is 3.62. The van der Waals surface area contributed by atoms with Crippen molar-refractivity contribution in [2.24, 2.45) is 9.98 Å². The van der Waals surface area contributed by atoms with Gasteiger partial charge in [-0.15, -0.1) is 0 Å². The van der Waals surface area contributed by atoms with Gasteiger partial charge in [-0.1, -0.05) is 18.7 Å². The van der Waals surface area contributed by atoms with Crippen LogP contribution in [0.25, 0.3) is 0 Å². The van der Waals surface area contributed by atoms with Crippen molar-refractivity contribution in [3.8, 4) is 0 Å². The summed E-state index contributed by atoms with van der Waals surface area (Å²) in [5, 5.41) is 3.28. The summed E-state index contributed by atoms with van der Waals surface area (Å²) in [4.78, 5) is 8.65. The molecule has 1 aliphatic carbocycles. The van der Waals surface area contributed by atoms with E-state index in [0.29, 0.717) is 0 Å².